The largest absolute Gasteiger partial charge is 0.256 e. The molecular weight excluding hydrogens is 382 g/mol. The highest BCUT2D eigenvalue weighted by Crippen LogP contribution is 2.28. The molecule has 5 rings (SSSR count). The van der Waals surface area contributed by atoms with Crippen LogP contribution in [0.5, 0.6) is 0 Å². The lowest BCUT2D eigenvalue weighted by Crippen LogP contribution is -2.01. The molecule has 0 aliphatic carbocycles. The van der Waals surface area contributed by atoms with Gasteiger partial charge in [-0.2, -0.15) is 0 Å². The van der Waals surface area contributed by atoms with Crippen LogP contribution in [0, 0.1) is 11.6 Å². The lowest BCUT2D eigenvalue weighted by atomic mass is 10.1. The van der Waals surface area contributed by atoms with Crippen molar-refractivity contribution >= 4 is 10.9 Å². The predicted molar refractivity (Wildman–Crippen MR) is 111 cm³/mol. The van der Waals surface area contributed by atoms with E-state index in [0.717, 1.165) is 16.5 Å². The predicted octanol–water partition coefficient (Wildman–Crippen LogP) is 5.70. The van der Waals surface area contributed by atoms with Crippen molar-refractivity contribution in [1.82, 2.24) is 19.9 Å². The Morgan fingerprint density at radius 3 is 1.67 bits per heavy atom. The average molecular weight is 396 g/mol. The number of para-hydroxylation sites is 1. The summed E-state index contributed by atoms with van der Waals surface area (Å²) in [5.74, 6) is 0.585. The van der Waals surface area contributed by atoms with Gasteiger partial charge in [-0.05, 0) is 60.7 Å². The van der Waals surface area contributed by atoms with Crippen molar-refractivity contribution in [2.24, 2.45) is 0 Å². The first-order valence-corrected chi connectivity index (χ1v) is 9.29. The number of halogens is 2. The second-order valence-electron chi connectivity index (χ2n) is 6.70. The Bertz CT molecular complexity index is 1280. The second-order valence-corrected chi connectivity index (χ2v) is 6.70. The SMILES string of the molecule is Fc1ccc(-c2nc(-c3ccc(F)cc3)nc(-c3ccnc4ccccc34)n2)cc1. The number of fused-ring (bicyclic) bond motifs is 1. The summed E-state index contributed by atoms with van der Waals surface area (Å²) in [5, 5.41) is 0.904. The van der Waals surface area contributed by atoms with E-state index < -0.39 is 0 Å². The van der Waals surface area contributed by atoms with Gasteiger partial charge < -0.3 is 0 Å². The molecule has 0 saturated carbocycles. The van der Waals surface area contributed by atoms with Gasteiger partial charge in [0.15, 0.2) is 17.5 Å². The first-order valence-electron chi connectivity index (χ1n) is 9.29. The molecule has 0 atom stereocenters. The Labute approximate surface area is 170 Å². The summed E-state index contributed by atoms with van der Waals surface area (Å²) < 4.78 is 26.8. The lowest BCUT2D eigenvalue weighted by Gasteiger charge is -2.10. The highest BCUT2D eigenvalue weighted by molar-refractivity contribution is 5.92. The monoisotopic (exact) mass is 396 g/mol. The van der Waals surface area contributed by atoms with Crippen LogP contribution in [-0.4, -0.2) is 19.9 Å². The van der Waals surface area contributed by atoms with E-state index in [2.05, 4.69) is 19.9 Å². The Kier molecular flexibility index (Phi) is 4.44. The smallest absolute Gasteiger partial charge is 0.164 e. The maximum atomic E-state index is 13.4. The van der Waals surface area contributed by atoms with E-state index in [1.165, 1.54) is 24.3 Å². The van der Waals surface area contributed by atoms with Gasteiger partial charge in [0, 0.05) is 28.3 Å². The van der Waals surface area contributed by atoms with Gasteiger partial charge in [0.05, 0.1) is 5.52 Å². The van der Waals surface area contributed by atoms with Crippen LogP contribution in [0.2, 0.25) is 0 Å². The molecule has 5 aromatic rings. The quantitative estimate of drug-likeness (QED) is 0.393. The molecule has 0 aliphatic rings. The fourth-order valence-electron chi connectivity index (χ4n) is 3.24. The van der Waals surface area contributed by atoms with Gasteiger partial charge in [-0.25, -0.2) is 23.7 Å². The van der Waals surface area contributed by atoms with Crippen molar-refractivity contribution in [2.75, 3.05) is 0 Å². The summed E-state index contributed by atoms with van der Waals surface area (Å²) in [4.78, 5) is 18.2. The number of benzene rings is 3. The van der Waals surface area contributed by atoms with E-state index in [1.54, 1.807) is 30.5 Å². The highest BCUT2D eigenvalue weighted by atomic mass is 19.1. The van der Waals surface area contributed by atoms with Crippen LogP contribution in [0.3, 0.4) is 0 Å². The topological polar surface area (TPSA) is 51.6 Å². The van der Waals surface area contributed by atoms with E-state index in [0.29, 0.717) is 28.6 Å². The molecule has 0 aliphatic heterocycles. The normalized spacial score (nSPS) is 11.0. The number of hydrogen-bond donors (Lipinski definition) is 0. The first-order chi connectivity index (χ1) is 14.7. The van der Waals surface area contributed by atoms with Crippen molar-refractivity contribution in [3.63, 3.8) is 0 Å². The number of pyridine rings is 1. The van der Waals surface area contributed by atoms with Gasteiger partial charge in [-0.15, -0.1) is 0 Å². The maximum absolute atomic E-state index is 13.4. The van der Waals surface area contributed by atoms with Crippen molar-refractivity contribution in [3.8, 4) is 34.2 Å². The zero-order valence-corrected chi connectivity index (χ0v) is 15.6. The molecule has 0 spiro atoms. The summed E-state index contributed by atoms with van der Waals surface area (Å²) in [7, 11) is 0. The molecule has 0 fully saturated rings. The van der Waals surface area contributed by atoms with Crippen molar-refractivity contribution in [2.45, 2.75) is 0 Å². The minimum Gasteiger partial charge on any atom is -0.256 e. The highest BCUT2D eigenvalue weighted by Gasteiger charge is 2.14. The van der Waals surface area contributed by atoms with Crippen LogP contribution in [0.25, 0.3) is 45.1 Å². The van der Waals surface area contributed by atoms with Crippen molar-refractivity contribution in [1.29, 1.82) is 0 Å². The molecule has 30 heavy (non-hydrogen) atoms. The first kappa shape index (κ1) is 18.0. The van der Waals surface area contributed by atoms with E-state index in [9.17, 15) is 8.78 Å². The van der Waals surface area contributed by atoms with Gasteiger partial charge >= 0.3 is 0 Å². The van der Waals surface area contributed by atoms with Crippen LogP contribution >= 0.6 is 0 Å². The third kappa shape index (κ3) is 3.39. The van der Waals surface area contributed by atoms with E-state index in [-0.39, 0.29) is 11.6 Å². The molecule has 0 N–H and O–H groups in total. The molecule has 0 saturated heterocycles. The molecule has 0 radical (unpaired) electrons. The maximum Gasteiger partial charge on any atom is 0.164 e. The minimum atomic E-state index is -0.341. The van der Waals surface area contributed by atoms with Crippen molar-refractivity contribution < 1.29 is 8.78 Å². The van der Waals surface area contributed by atoms with Gasteiger partial charge in [0.25, 0.3) is 0 Å². The minimum absolute atomic E-state index is 0.341. The van der Waals surface area contributed by atoms with Crippen LogP contribution in [0.15, 0.2) is 85.1 Å². The zero-order valence-electron chi connectivity index (χ0n) is 15.6. The fraction of sp³-hybridized carbons (Fsp3) is 0. The molecule has 3 aromatic carbocycles. The summed E-state index contributed by atoms with van der Waals surface area (Å²) in [6.45, 7) is 0. The molecule has 144 valence electrons. The van der Waals surface area contributed by atoms with Gasteiger partial charge in [0.1, 0.15) is 11.6 Å². The van der Waals surface area contributed by atoms with Crippen molar-refractivity contribution in [3.05, 3.63) is 96.7 Å². The third-order valence-electron chi connectivity index (χ3n) is 4.73. The summed E-state index contributed by atoms with van der Waals surface area (Å²) in [5.41, 5.74) is 2.93. The Morgan fingerprint density at radius 2 is 1.07 bits per heavy atom. The Hall–Kier alpha value is -4.06. The molecule has 6 heteroatoms. The number of nitrogens with zero attached hydrogens (tertiary/aromatic N) is 4. The zero-order chi connectivity index (χ0) is 20.5. The van der Waals surface area contributed by atoms with E-state index >= 15 is 0 Å². The summed E-state index contributed by atoms with van der Waals surface area (Å²) in [6, 6.07) is 21.5. The van der Waals surface area contributed by atoms with Gasteiger partial charge in [0.2, 0.25) is 0 Å². The van der Waals surface area contributed by atoms with Crippen LogP contribution in [-0.2, 0) is 0 Å². The molecule has 2 aromatic heterocycles. The summed E-state index contributed by atoms with van der Waals surface area (Å²) >= 11 is 0. The lowest BCUT2D eigenvalue weighted by molar-refractivity contribution is 0.627. The number of rotatable bonds is 3. The molecule has 2 heterocycles. The molecule has 4 nitrogen and oxygen atoms in total. The Morgan fingerprint density at radius 1 is 0.533 bits per heavy atom. The van der Waals surface area contributed by atoms with Gasteiger partial charge in [-0.3, -0.25) is 4.98 Å². The standard InChI is InChI=1S/C24H14F2N4/c25-17-9-5-15(6-10-17)22-28-23(16-7-11-18(26)12-8-16)30-24(29-22)20-13-14-27-21-4-2-1-3-19(20)21/h1-14H. The molecule has 0 bridgehead atoms. The van der Waals surface area contributed by atoms with E-state index in [1.807, 2.05) is 30.3 Å². The van der Waals surface area contributed by atoms with E-state index in [4.69, 9.17) is 0 Å². The third-order valence-corrected chi connectivity index (χ3v) is 4.73. The summed E-state index contributed by atoms with van der Waals surface area (Å²) in [6.07, 6.45) is 1.70. The van der Waals surface area contributed by atoms with Gasteiger partial charge in [-0.1, -0.05) is 18.2 Å². The fourth-order valence-corrected chi connectivity index (χ4v) is 3.24. The number of hydrogen-bond acceptors (Lipinski definition) is 4. The van der Waals surface area contributed by atoms with Crippen LogP contribution in [0.4, 0.5) is 8.78 Å². The van der Waals surface area contributed by atoms with Crippen LogP contribution in [0.1, 0.15) is 0 Å². The molecule has 0 amide bonds. The number of aromatic nitrogens is 4. The molecule has 0 unspecified atom stereocenters. The average Bonchev–Trinajstić information content (AvgIpc) is 2.79. The Balaban J connectivity index is 1.75. The second kappa shape index (κ2) is 7.40. The molecular formula is C24H14F2N4. The van der Waals surface area contributed by atoms with Crippen LogP contribution < -0.4 is 0 Å².